The predicted octanol–water partition coefficient (Wildman–Crippen LogP) is 4.94. The van der Waals surface area contributed by atoms with Gasteiger partial charge in [0.2, 0.25) is 0 Å². The van der Waals surface area contributed by atoms with Crippen LogP contribution in [0.2, 0.25) is 0 Å². The second kappa shape index (κ2) is 8.48. The van der Waals surface area contributed by atoms with Gasteiger partial charge in [-0.2, -0.15) is 17.6 Å². The van der Waals surface area contributed by atoms with E-state index >= 15 is 0 Å². The van der Waals surface area contributed by atoms with Crippen molar-refractivity contribution >= 4 is 22.8 Å². The lowest BCUT2D eigenvalue weighted by Crippen LogP contribution is -2.45. The van der Waals surface area contributed by atoms with Crippen LogP contribution in [-0.2, 0) is 11.0 Å². The molecule has 0 aromatic heterocycles. The third kappa shape index (κ3) is 6.36. The van der Waals surface area contributed by atoms with Gasteiger partial charge >= 0.3 is 6.18 Å². The minimum absolute atomic E-state index is 0.0656. The van der Waals surface area contributed by atoms with Crippen LogP contribution in [0.15, 0.2) is 40.8 Å². The van der Waals surface area contributed by atoms with E-state index in [2.05, 4.69) is 4.40 Å². The van der Waals surface area contributed by atoms with Crippen LogP contribution in [0.5, 0.6) is 0 Å². The van der Waals surface area contributed by atoms with Crippen molar-refractivity contribution < 1.29 is 22.5 Å². The average molecular weight is 389 g/mol. The third-order valence-corrected chi connectivity index (χ3v) is 5.13. The molecule has 0 aliphatic carbocycles. The Kier molecular flexibility index (Phi) is 7.36. The molecule has 0 saturated heterocycles. The van der Waals surface area contributed by atoms with Crippen molar-refractivity contribution in [2.45, 2.75) is 57.6 Å². The van der Waals surface area contributed by atoms with E-state index in [1.54, 1.807) is 65.0 Å². The van der Waals surface area contributed by atoms with Gasteiger partial charge in [-0.3, -0.25) is 0 Å². The highest BCUT2D eigenvalue weighted by atomic mass is 32.2. The topological polar surface area (TPSA) is 49.7 Å². The first kappa shape index (κ1) is 22.6. The normalized spacial score (nSPS) is 17.5. The number of nitrogens with zero attached hydrogens (tertiary/aromatic N) is 1. The van der Waals surface area contributed by atoms with Crippen molar-refractivity contribution in [3.63, 3.8) is 0 Å². The van der Waals surface area contributed by atoms with Gasteiger partial charge in [0.15, 0.2) is 5.60 Å². The molecule has 1 rings (SSSR count). The van der Waals surface area contributed by atoms with Crippen LogP contribution in [0.1, 0.15) is 46.6 Å². The maximum absolute atomic E-state index is 13.6. The lowest BCUT2D eigenvalue weighted by Gasteiger charge is -2.29. The zero-order chi connectivity index (χ0) is 20.2. The molecule has 0 unspecified atom stereocenters. The van der Waals surface area contributed by atoms with Crippen LogP contribution in [0.4, 0.5) is 13.2 Å². The van der Waals surface area contributed by atoms with Crippen molar-refractivity contribution in [1.29, 1.82) is 0 Å². The van der Waals surface area contributed by atoms with Gasteiger partial charge in [-0.25, -0.2) is 4.21 Å². The maximum atomic E-state index is 13.6. The summed E-state index contributed by atoms with van der Waals surface area (Å²) in [4.78, 5) is 0. The number of rotatable bonds is 6. The van der Waals surface area contributed by atoms with E-state index < -0.39 is 33.9 Å². The molecule has 0 radical (unpaired) electrons. The molecular formula is C19H26F3NO2S. The smallest absolute Gasteiger partial charge is 0.376 e. The molecule has 1 N–H and O–H groups in total. The van der Waals surface area contributed by atoms with Crippen molar-refractivity contribution in [3.05, 3.63) is 42.0 Å². The summed E-state index contributed by atoms with van der Waals surface area (Å²) in [6.45, 7) is 8.40. The second-order valence-corrected chi connectivity index (χ2v) is 9.35. The highest BCUT2D eigenvalue weighted by Crippen LogP contribution is 2.36. The van der Waals surface area contributed by atoms with E-state index in [1.165, 1.54) is 6.08 Å². The summed E-state index contributed by atoms with van der Waals surface area (Å²) in [6, 6.07) is 8.41. The molecule has 26 heavy (non-hydrogen) atoms. The summed E-state index contributed by atoms with van der Waals surface area (Å²) in [6.07, 6.45) is -3.69. The van der Waals surface area contributed by atoms with Crippen LogP contribution >= 0.6 is 0 Å². The van der Waals surface area contributed by atoms with E-state index in [4.69, 9.17) is 0 Å². The van der Waals surface area contributed by atoms with Gasteiger partial charge < -0.3 is 5.11 Å². The van der Waals surface area contributed by atoms with Crippen LogP contribution in [0, 0.1) is 5.92 Å². The van der Waals surface area contributed by atoms with Gasteiger partial charge in [0.05, 0.1) is 4.75 Å². The number of alkyl halides is 3. The molecular weight excluding hydrogens is 363 g/mol. The Labute approximate surface area is 155 Å². The summed E-state index contributed by atoms with van der Waals surface area (Å²) < 4.78 is 56.2. The first-order valence-electron chi connectivity index (χ1n) is 8.29. The quantitative estimate of drug-likeness (QED) is 0.701. The van der Waals surface area contributed by atoms with Gasteiger partial charge in [0, 0.05) is 12.1 Å². The average Bonchev–Trinajstić information content (AvgIpc) is 2.51. The Morgan fingerprint density at radius 1 is 1.19 bits per heavy atom. The van der Waals surface area contributed by atoms with Gasteiger partial charge in [0.1, 0.15) is 11.0 Å². The molecule has 7 heteroatoms. The van der Waals surface area contributed by atoms with Crippen LogP contribution in [0.3, 0.4) is 0 Å². The third-order valence-electron chi connectivity index (χ3n) is 3.68. The van der Waals surface area contributed by atoms with E-state index in [0.717, 1.165) is 6.08 Å². The molecule has 146 valence electrons. The Hall–Kier alpha value is -1.47. The molecule has 1 aromatic carbocycles. The Morgan fingerprint density at radius 3 is 2.15 bits per heavy atom. The SMILES string of the molecule is CC(C)/C(C[C@@](O)(/C=C/c1ccccc1)C(F)(F)F)=N/[S@](=O)C(C)(C)C. The fraction of sp³-hybridized carbons (Fsp3) is 0.526. The molecule has 2 atom stereocenters. The van der Waals surface area contributed by atoms with Crippen LogP contribution in [-0.4, -0.2) is 31.6 Å². The highest BCUT2D eigenvalue weighted by molar-refractivity contribution is 7.85. The minimum Gasteiger partial charge on any atom is -0.376 e. The van der Waals surface area contributed by atoms with Crippen molar-refractivity contribution in [2.24, 2.45) is 10.3 Å². The fourth-order valence-corrected chi connectivity index (χ4v) is 2.68. The highest BCUT2D eigenvalue weighted by Gasteiger charge is 2.52. The van der Waals surface area contributed by atoms with Crippen molar-refractivity contribution in [3.8, 4) is 0 Å². The predicted molar refractivity (Wildman–Crippen MR) is 101 cm³/mol. The number of halogens is 3. The summed E-state index contributed by atoms with van der Waals surface area (Å²) in [7, 11) is -1.70. The van der Waals surface area contributed by atoms with E-state index in [0.29, 0.717) is 5.56 Å². The van der Waals surface area contributed by atoms with Gasteiger partial charge in [-0.05, 0) is 38.3 Å². The number of aliphatic hydroxyl groups is 1. The molecule has 0 aliphatic rings. The molecule has 0 saturated carbocycles. The second-order valence-electron chi connectivity index (χ2n) is 7.44. The monoisotopic (exact) mass is 389 g/mol. The zero-order valence-corrected chi connectivity index (χ0v) is 16.5. The van der Waals surface area contributed by atoms with Gasteiger partial charge in [-0.15, -0.1) is 0 Å². The largest absolute Gasteiger partial charge is 0.421 e. The molecule has 0 aliphatic heterocycles. The van der Waals surface area contributed by atoms with Gasteiger partial charge in [0.25, 0.3) is 0 Å². The molecule has 0 amide bonds. The Balaban J connectivity index is 3.25. The van der Waals surface area contributed by atoms with E-state index in [9.17, 15) is 22.5 Å². The van der Waals surface area contributed by atoms with Crippen molar-refractivity contribution in [1.82, 2.24) is 0 Å². The fourth-order valence-electron chi connectivity index (χ4n) is 1.91. The van der Waals surface area contributed by atoms with E-state index in [-0.39, 0.29) is 11.6 Å². The minimum atomic E-state index is -4.89. The molecule has 1 aromatic rings. The zero-order valence-electron chi connectivity index (χ0n) is 15.7. The van der Waals surface area contributed by atoms with Gasteiger partial charge in [-0.1, -0.05) is 50.3 Å². The van der Waals surface area contributed by atoms with Crippen LogP contribution < -0.4 is 0 Å². The summed E-state index contributed by atoms with van der Waals surface area (Å²) in [5.74, 6) is -0.389. The standard InChI is InChI=1S/C19H26F3NO2S/c1-14(2)16(23-26(25)17(3,4)5)13-18(24,19(20,21)22)12-11-15-9-7-6-8-10-15/h6-12,14,24H,13H2,1-5H3/b12-11+,23-16+/t18-,26+/m0/s1. The Bertz CT molecular complexity index is 676. The maximum Gasteiger partial charge on any atom is 0.421 e. The molecule has 0 bridgehead atoms. The molecule has 3 nitrogen and oxygen atoms in total. The summed E-state index contributed by atoms with van der Waals surface area (Å²) in [5.41, 5.74) is -2.49. The Morgan fingerprint density at radius 2 is 1.73 bits per heavy atom. The lowest BCUT2D eigenvalue weighted by atomic mass is 9.90. The molecule has 0 fully saturated rings. The summed E-state index contributed by atoms with van der Waals surface area (Å²) in [5, 5.41) is 10.4. The molecule has 0 spiro atoms. The number of hydrogen-bond acceptors (Lipinski definition) is 2. The summed E-state index contributed by atoms with van der Waals surface area (Å²) >= 11 is 0. The number of benzene rings is 1. The number of hydrogen-bond donors (Lipinski definition) is 1. The van der Waals surface area contributed by atoms with E-state index in [1.807, 2.05) is 0 Å². The van der Waals surface area contributed by atoms with Crippen molar-refractivity contribution in [2.75, 3.05) is 0 Å². The first-order chi connectivity index (χ1) is 11.8. The lowest BCUT2D eigenvalue weighted by molar-refractivity contribution is -0.236. The molecule has 0 heterocycles. The first-order valence-corrected chi connectivity index (χ1v) is 9.40. The van der Waals surface area contributed by atoms with Crippen LogP contribution in [0.25, 0.3) is 6.08 Å².